The van der Waals surface area contributed by atoms with Gasteiger partial charge in [-0.2, -0.15) is 0 Å². The maximum absolute atomic E-state index is 12.4. The van der Waals surface area contributed by atoms with E-state index < -0.39 is 0 Å². The van der Waals surface area contributed by atoms with E-state index in [-0.39, 0.29) is 5.91 Å². The van der Waals surface area contributed by atoms with Crippen LogP contribution >= 0.6 is 0 Å². The highest BCUT2D eigenvalue weighted by molar-refractivity contribution is 5.81. The van der Waals surface area contributed by atoms with Gasteiger partial charge in [-0.1, -0.05) is 25.0 Å². The molecule has 1 aliphatic rings. The highest BCUT2D eigenvalue weighted by atomic mass is 16.2. The number of hydrogen-bond donors (Lipinski definition) is 1. The fraction of sp³-hybridized carbons (Fsp3) is 0.529. The van der Waals surface area contributed by atoms with Crippen molar-refractivity contribution in [3.05, 3.63) is 30.1 Å². The molecule has 1 aromatic carbocycles. The highest BCUT2D eigenvalue weighted by Gasteiger charge is 2.19. The van der Waals surface area contributed by atoms with Crippen molar-refractivity contribution in [1.29, 1.82) is 0 Å². The quantitative estimate of drug-likeness (QED) is 0.920. The highest BCUT2D eigenvalue weighted by Crippen LogP contribution is 2.19. The molecule has 1 saturated carbocycles. The van der Waals surface area contributed by atoms with Crippen LogP contribution in [0.4, 0.5) is 0 Å². The number of carbonyl (C=O) groups is 1. The van der Waals surface area contributed by atoms with Crippen LogP contribution in [0.2, 0.25) is 0 Å². The molecule has 1 fully saturated rings. The van der Waals surface area contributed by atoms with Gasteiger partial charge in [0.1, 0.15) is 12.4 Å². The molecular formula is C17H24N4O. The Morgan fingerprint density at radius 1 is 1.32 bits per heavy atom. The van der Waals surface area contributed by atoms with E-state index in [0.717, 1.165) is 36.2 Å². The molecule has 1 N–H and O–H groups in total. The average Bonchev–Trinajstić information content (AvgIpc) is 3.07. The Morgan fingerprint density at radius 2 is 2.05 bits per heavy atom. The first-order valence-electron chi connectivity index (χ1n) is 8.02. The predicted molar refractivity (Wildman–Crippen MR) is 87.5 cm³/mol. The Morgan fingerprint density at radius 3 is 2.77 bits per heavy atom. The van der Waals surface area contributed by atoms with Crippen LogP contribution in [0.25, 0.3) is 11.0 Å². The molecule has 5 heteroatoms. The Labute approximate surface area is 131 Å². The van der Waals surface area contributed by atoms with E-state index in [9.17, 15) is 4.79 Å². The van der Waals surface area contributed by atoms with Gasteiger partial charge in [0, 0.05) is 6.04 Å². The van der Waals surface area contributed by atoms with Gasteiger partial charge in [-0.15, -0.1) is 0 Å². The van der Waals surface area contributed by atoms with Crippen molar-refractivity contribution in [2.75, 3.05) is 14.1 Å². The summed E-state index contributed by atoms with van der Waals surface area (Å²) < 4.78 is 2.04. The minimum Gasteiger partial charge on any atom is -0.352 e. The molecule has 2 aromatic rings. The number of amides is 1. The summed E-state index contributed by atoms with van der Waals surface area (Å²) in [6, 6.07) is 8.37. The van der Waals surface area contributed by atoms with E-state index in [1.54, 1.807) is 0 Å². The average molecular weight is 300 g/mol. The summed E-state index contributed by atoms with van der Waals surface area (Å²) in [5.74, 6) is 1.03. The smallest absolute Gasteiger partial charge is 0.240 e. The molecule has 3 rings (SSSR count). The largest absolute Gasteiger partial charge is 0.352 e. The van der Waals surface area contributed by atoms with Crippen LogP contribution in [0.3, 0.4) is 0 Å². The number of benzene rings is 1. The summed E-state index contributed by atoms with van der Waals surface area (Å²) in [5, 5.41) is 3.16. The van der Waals surface area contributed by atoms with Crippen molar-refractivity contribution in [2.45, 2.75) is 44.8 Å². The first-order valence-corrected chi connectivity index (χ1v) is 8.02. The number of aromatic nitrogens is 2. The van der Waals surface area contributed by atoms with Crippen molar-refractivity contribution in [2.24, 2.45) is 0 Å². The van der Waals surface area contributed by atoms with Crippen LogP contribution in [-0.4, -0.2) is 40.5 Å². The molecule has 22 heavy (non-hydrogen) atoms. The maximum Gasteiger partial charge on any atom is 0.240 e. The molecule has 0 bridgehead atoms. The lowest BCUT2D eigenvalue weighted by atomic mass is 10.2. The second kappa shape index (κ2) is 6.48. The molecule has 1 amide bonds. The zero-order chi connectivity index (χ0) is 15.5. The van der Waals surface area contributed by atoms with E-state index in [2.05, 4.69) is 15.2 Å². The van der Waals surface area contributed by atoms with Gasteiger partial charge in [-0.05, 0) is 39.1 Å². The van der Waals surface area contributed by atoms with Crippen molar-refractivity contribution in [3.63, 3.8) is 0 Å². The number of nitrogens with one attached hydrogen (secondary N) is 1. The van der Waals surface area contributed by atoms with Crippen molar-refractivity contribution < 1.29 is 4.79 Å². The third-order valence-corrected chi connectivity index (χ3v) is 4.21. The first-order chi connectivity index (χ1) is 10.6. The van der Waals surface area contributed by atoms with Crippen LogP contribution in [0.15, 0.2) is 24.3 Å². The number of nitrogens with zero attached hydrogens (tertiary/aromatic N) is 3. The topological polar surface area (TPSA) is 50.2 Å². The summed E-state index contributed by atoms with van der Waals surface area (Å²) in [6.45, 7) is 1.07. The van der Waals surface area contributed by atoms with Gasteiger partial charge in [-0.3, -0.25) is 4.79 Å². The van der Waals surface area contributed by atoms with E-state index in [1.807, 2.05) is 42.9 Å². The normalized spacial score (nSPS) is 15.8. The molecule has 0 atom stereocenters. The van der Waals surface area contributed by atoms with Gasteiger partial charge in [0.15, 0.2) is 0 Å². The van der Waals surface area contributed by atoms with Gasteiger partial charge < -0.3 is 14.8 Å². The van der Waals surface area contributed by atoms with Gasteiger partial charge in [0.2, 0.25) is 5.91 Å². The van der Waals surface area contributed by atoms with Crippen LogP contribution in [-0.2, 0) is 17.9 Å². The number of carbonyl (C=O) groups excluding carboxylic acids is 1. The molecule has 0 unspecified atom stereocenters. The number of para-hydroxylation sites is 2. The number of hydrogen-bond acceptors (Lipinski definition) is 3. The lowest BCUT2D eigenvalue weighted by molar-refractivity contribution is -0.122. The molecule has 118 valence electrons. The molecule has 0 saturated heterocycles. The fourth-order valence-corrected chi connectivity index (χ4v) is 3.19. The standard InChI is InChI=1S/C17H24N4O/c1-20(2)11-16-19-14-9-5-6-10-15(14)21(16)12-17(22)18-13-7-3-4-8-13/h5-6,9-10,13H,3-4,7-8,11-12H2,1-2H3,(H,18,22). The summed E-state index contributed by atoms with van der Waals surface area (Å²) in [7, 11) is 4.03. The number of rotatable bonds is 5. The van der Waals surface area contributed by atoms with Crippen LogP contribution in [0.1, 0.15) is 31.5 Å². The number of imidazole rings is 1. The molecule has 1 aromatic heterocycles. The number of fused-ring (bicyclic) bond motifs is 1. The second-order valence-electron chi connectivity index (χ2n) is 6.39. The predicted octanol–water partition coefficient (Wildman–Crippen LogP) is 2.16. The Kier molecular flexibility index (Phi) is 4.43. The summed E-state index contributed by atoms with van der Waals surface area (Å²) in [6.07, 6.45) is 4.68. The SMILES string of the molecule is CN(C)Cc1nc2ccccc2n1CC(=O)NC1CCCC1. The third kappa shape index (κ3) is 3.30. The lowest BCUT2D eigenvalue weighted by Crippen LogP contribution is -2.35. The first kappa shape index (κ1) is 15.0. The molecular weight excluding hydrogens is 276 g/mol. The Hall–Kier alpha value is -1.88. The van der Waals surface area contributed by atoms with E-state index in [0.29, 0.717) is 12.6 Å². The van der Waals surface area contributed by atoms with E-state index in [1.165, 1.54) is 12.8 Å². The second-order valence-corrected chi connectivity index (χ2v) is 6.39. The van der Waals surface area contributed by atoms with Crippen molar-refractivity contribution in [3.8, 4) is 0 Å². The van der Waals surface area contributed by atoms with Crippen LogP contribution < -0.4 is 5.32 Å². The minimum absolute atomic E-state index is 0.0926. The zero-order valence-electron chi connectivity index (χ0n) is 13.4. The van der Waals surface area contributed by atoms with Crippen LogP contribution in [0.5, 0.6) is 0 Å². The van der Waals surface area contributed by atoms with Crippen LogP contribution in [0, 0.1) is 0 Å². The summed E-state index contributed by atoms with van der Waals surface area (Å²) >= 11 is 0. The molecule has 0 radical (unpaired) electrons. The van der Waals surface area contributed by atoms with Gasteiger partial charge in [-0.25, -0.2) is 4.98 Å². The summed E-state index contributed by atoms with van der Waals surface area (Å²) in [4.78, 5) is 19.1. The maximum atomic E-state index is 12.4. The molecule has 1 heterocycles. The lowest BCUT2D eigenvalue weighted by Gasteiger charge is -2.15. The molecule has 5 nitrogen and oxygen atoms in total. The van der Waals surface area contributed by atoms with Gasteiger partial charge >= 0.3 is 0 Å². The van der Waals surface area contributed by atoms with Crippen molar-refractivity contribution in [1.82, 2.24) is 19.8 Å². The van der Waals surface area contributed by atoms with Gasteiger partial charge in [0.05, 0.1) is 17.6 Å². The Balaban J connectivity index is 1.82. The fourth-order valence-electron chi connectivity index (χ4n) is 3.19. The third-order valence-electron chi connectivity index (χ3n) is 4.21. The molecule has 0 spiro atoms. The molecule has 0 aliphatic heterocycles. The van der Waals surface area contributed by atoms with E-state index in [4.69, 9.17) is 0 Å². The Bertz CT molecular complexity index is 656. The van der Waals surface area contributed by atoms with Crippen molar-refractivity contribution >= 4 is 16.9 Å². The van der Waals surface area contributed by atoms with Gasteiger partial charge in [0.25, 0.3) is 0 Å². The minimum atomic E-state index is 0.0926. The monoisotopic (exact) mass is 300 g/mol. The summed E-state index contributed by atoms with van der Waals surface area (Å²) in [5.41, 5.74) is 1.98. The van der Waals surface area contributed by atoms with E-state index >= 15 is 0 Å². The zero-order valence-corrected chi connectivity index (χ0v) is 13.4. The molecule has 1 aliphatic carbocycles.